The predicted molar refractivity (Wildman–Crippen MR) is 87.9 cm³/mol. The number of β-lactam (4-membered cyclic amide) rings is 1. The largest absolute Gasteiger partial charge is 0.497 e. The third-order valence-corrected chi connectivity index (χ3v) is 3.94. The molecule has 2 aromatic rings. The molecule has 5 nitrogen and oxygen atoms in total. The van der Waals surface area contributed by atoms with Gasteiger partial charge in [-0.25, -0.2) is 0 Å². The number of rotatable bonds is 6. The first-order chi connectivity index (χ1) is 11.2. The molecule has 1 fully saturated rings. The Morgan fingerprint density at radius 2 is 2.00 bits per heavy atom. The van der Waals surface area contributed by atoms with Crippen LogP contribution < -0.4 is 15.0 Å². The maximum absolute atomic E-state index is 12.5. The van der Waals surface area contributed by atoms with Crippen LogP contribution in [0.5, 0.6) is 5.75 Å². The molecule has 118 valence electrons. The van der Waals surface area contributed by atoms with Crippen molar-refractivity contribution >= 4 is 17.4 Å². The predicted octanol–water partition coefficient (Wildman–Crippen LogP) is 1.88. The van der Waals surface area contributed by atoms with Crippen LogP contribution >= 0.6 is 0 Å². The van der Waals surface area contributed by atoms with Crippen LogP contribution in [0.15, 0.2) is 54.6 Å². The Balaban J connectivity index is 1.87. The van der Waals surface area contributed by atoms with Crippen LogP contribution in [-0.4, -0.2) is 37.9 Å². The van der Waals surface area contributed by atoms with Crippen molar-refractivity contribution in [1.82, 2.24) is 5.32 Å². The summed E-state index contributed by atoms with van der Waals surface area (Å²) >= 11 is 0. The number of methoxy groups -OCH3 is 1. The summed E-state index contributed by atoms with van der Waals surface area (Å²) in [6.45, 7) is 0.688. The van der Waals surface area contributed by atoms with Gasteiger partial charge in [-0.15, -0.1) is 0 Å². The molecule has 0 bridgehead atoms. The van der Waals surface area contributed by atoms with E-state index in [1.165, 1.54) is 0 Å². The second-order valence-corrected chi connectivity index (χ2v) is 5.38. The molecule has 1 aliphatic rings. The molecule has 2 aromatic carbocycles. The highest BCUT2D eigenvalue weighted by Crippen LogP contribution is 2.24. The number of hydrogen-bond acceptors (Lipinski definition) is 4. The molecule has 0 spiro atoms. The van der Waals surface area contributed by atoms with Crippen LogP contribution in [0.2, 0.25) is 0 Å². The molecule has 1 atom stereocenters. The number of benzene rings is 2. The maximum atomic E-state index is 12.5. The van der Waals surface area contributed by atoms with Gasteiger partial charge in [0, 0.05) is 23.9 Å². The summed E-state index contributed by atoms with van der Waals surface area (Å²) in [5.74, 6) is 0.612. The first-order valence-electron chi connectivity index (χ1n) is 7.45. The first kappa shape index (κ1) is 15.1. The number of Topliss-reactive ketones (excluding diaryl/α,β-unsaturated/α-hetero) is 1. The summed E-state index contributed by atoms with van der Waals surface area (Å²) in [6, 6.07) is 16.2. The van der Waals surface area contributed by atoms with E-state index in [2.05, 4.69) is 5.32 Å². The highest BCUT2D eigenvalue weighted by atomic mass is 16.5. The quantitative estimate of drug-likeness (QED) is 0.654. The van der Waals surface area contributed by atoms with Crippen LogP contribution in [0.4, 0.5) is 5.69 Å². The highest BCUT2D eigenvalue weighted by Gasteiger charge is 2.35. The van der Waals surface area contributed by atoms with Gasteiger partial charge in [0.05, 0.1) is 13.7 Å². The molecule has 1 saturated heterocycles. The minimum absolute atomic E-state index is 0.0203. The van der Waals surface area contributed by atoms with E-state index in [1.54, 1.807) is 19.2 Å². The van der Waals surface area contributed by atoms with Crippen LogP contribution in [0, 0.1) is 0 Å². The van der Waals surface area contributed by atoms with E-state index in [4.69, 9.17) is 4.74 Å². The number of ketones is 1. The second kappa shape index (κ2) is 6.52. The number of amides is 1. The van der Waals surface area contributed by atoms with E-state index >= 15 is 0 Å². The van der Waals surface area contributed by atoms with Crippen molar-refractivity contribution in [3.05, 3.63) is 60.2 Å². The second-order valence-electron chi connectivity index (χ2n) is 5.38. The Morgan fingerprint density at radius 1 is 1.22 bits per heavy atom. The molecular formula is C18H18N2O3. The Labute approximate surface area is 134 Å². The normalized spacial score (nSPS) is 16.2. The molecule has 5 heteroatoms. The van der Waals surface area contributed by atoms with Crippen molar-refractivity contribution in [3.8, 4) is 5.75 Å². The topological polar surface area (TPSA) is 58.6 Å². The number of hydrogen-bond donors (Lipinski definition) is 1. The molecule has 1 heterocycles. The number of ether oxygens (including phenoxy) is 1. The minimum Gasteiger partial charge on any atom is -0.497 e. The lowest BCUT2D eigenvalue weighted by molar-refractivity contribution is -0.127. The molecular weight excluding hydrogens is 292 g/mol. The summed E-state index contributed by atoms with van der Waals surface area (Å²) in [6.07, 6.45) is 0. The summed E-state index contributed by atoms with van der Waals surface area (Å²) in [5, 5.41) is 2.73. The van der Waals surface area contributed by atoms with Crippen molar-refractivity contribution < 1.29 is 14.3 Å². The van der Waals surface area contributed by atoms with Crippen molar-refractivity contribution in [1.29, 1.82) is 0 Å². The fourth-order valence-electron chi connectivity index (χ4n) is 2.57. The molecule has 23 heavy (non-hydrogen) atoms. The summed E-state index contributed by atoms with van der Waals surface area (Å²) in [4.78, 5) is 26.2. The minimum atomic E-state index is -0.324. The number of anilines is 1. The van der Waals surface area contributed by atoms with Gasteiger partial charge in [-0.2, -0.15) is 0 Å². The third kappa shape index (κ3) is 3.18. The van der Waals surface area contributed by atoms with Gasteiger partial charge in [0.15, 0.2) is 5.78 Å². The van der Waals surface area contributed by atoms with Crippen LogP contribution in [0.1, 0.15) is 10.4 Å². The maximum Gasteiger partial charge on any atom is 0.244 e. The third-order valence-electron chi connectivity index (χ3n) is 3.94. The molecule has 1 amide bonds. The molecule has 3 rings (SSSR count). The van der Waals surface area contributed by atoms with Crippen molar-refractivity contribution in [2.24, 2.45) is 0 Å². The van der Waals surface area contributed by atoms with Gasteiger partial charge in [0.1, 0.15) is 11.8 Å². The highest BCUT2D eigenvalue weighted by molar-refractivity contribution is 6.01. The number of carbonyl (C=O) groups is 2. The molecule has 0 saturated carbocycles. The Hall–Kier alpha value is -2.82. The van der Waals surface area contributed by atoms with Gasteiger partial charge >= 0.3 is 0 Å². The molecule has 1 N–H and O–H groups in total. The van der Waals surface area contributed by atoms with Crippen molar-refractivity contribution in [2.45, 2.75) is 6.04 Å². The Bertz CT molecular complexity index is 715. The summed E-state index contributed by atoms with van der Waals surface area (Å²) in [7, 11) is 1.59. The standard InChI is InChI=1S/C18H18N2O3/c1-23-15-9-5-8-14(10-15)20(16-11-19-18(16)22)12-17(21)13-6-3-2-4-7-13/h2-10,16H,11-12H2,1H3,(H,19,22). The zero-order valence-electron chi connectivity index (χ0n) is 12.9. The summed E-state index contributed by atoms with van der Waals surface area (Å²) < 4.78 is 5.24. The van der Waals surface area contributed by atoms with Crippen LogP contribution in [0.3, 0.4) is 0 Å². The fraction of sp³-hybridized carbons (Fsp3) is 0.222. The van der Waals surface area contributed by atoms with E-state index in [9.17, 15) is 9.59 Å². The van der Waals surface area contributed by atoms with Gasteiger partial charge < -0.3 is 15.0 Å². The molecule has 1 aliphatic heterocycles. The lowest BCUT2D eigenvalue weighted by Crippen LogP contribution is -2.63. The smallest absolute Gasteiger partial charge is 0.244 e. The monoisotopic (exact) mass is 310 g/mol. The van der Waals surface area contributed by atoms with Gasteiger partial charge in [0.25, 0.3) is 0 Å². The molecule has 0 radical (unpaired) electrons. The summed E-state index contributed by atoms with van der Waals surface area (Å²) in [5.41, 5.74) is 1.44. The lowest BCUT2D eigenvalue weighted by Gasteiger charge is -2.38. The molecule has 1 unspecified atom stereocenters. The van der Waals surface area contributed by atoms with E-state index < -0.39 is 0 Å². The van der Waals surface area contributed by atoms with Crippen LogP contribution in [-0.2, 0) is 4.79 Å². The van der Waals surface area contributed by atoms with Gasteiger partial charge in [-0.05, 0) is 12.1 Å². The zero-order chi connectivity index (χ0) is 16.2. The van der Waals surface area contributed by atoms with E-state index in [0.29, 0.717) is 17.9 Å². The SMILES string of the molecule is COc1cccc(N(CC(=O)c2ccccc2)C2CNC2=O)c1. The van der Waals surface area contributed by atoms with Gasteiger partial charge in [-0.3, -0.25) is 9.59 Å². The molecule has 0 aromatic heterocycles. The average molecular weight is 310 g/mol. The van der Waals surface area contributed by atoms with Crippen molar-refractivity contribution in [2.75, 3.05) is 25.1 Å². The Morgan fingerprint density at radius 3 is 2.61 bits per heavy atom. The van der Waals surface area contributed by atoms with E-state index in [0.717, 1.165) is 5.69 Å². The van der Waals surface area contributed by atoms with Gasteiger partial charge in [0.2, 0.25) is 5.91 Å². The first-order valence-corrected chi connectivity index (χ1v) is 7.45. The van der Waals surface area contributed by atoms with E-state index in [1.807, 2.05) is 47.4 Å². The fourth-order valence-corrected chi connectivity index (χ4v) is 2.57. The van der Waals surface area contributed by atoms with Crippen molar-refractivity contribution in [3.63, 3.8) is 0 Å². The average Bonchev–Trinajstić information content (AvgIpc) is 2.60. The number of nitrogens with zero attached hydrogens (tertiary/aromatic N) is 1. The molecule has 0 aliphatic carbocycles. The van der Waals surface area contributed by atoms with Gasteiger partial charge in [-0.1, -0.05) is 36.4 Å². The number of carbonyl (C=O) groups excluding carboxylic acids is 2. The Kier molecular flexibility index (Phi) is 4.28. The van der Waals surface area contributed by atoms with E-state index in [-0.39, 0.29) is 24.3 Å². The van der Waals surface area contributed by atoms with Crippen LogP contribution in [0.25, 0.3) is 0 Å². The number of nitrogens with one attached hydrogen (secondary N) is 1. The zero-order valence-corrected chi connectivity index (χ0v) is 12.9. The lowest BCUT2D eigenvalue weighted by atomic mass is 10.0.